The van der Waals surface area contributed by atoms with E-state index in [1.54, 1.807) is 31.3 Å². The zero-order chi connectivity index (χ0) is 19.7. The maximum absolute atomic E-state index is 13.2. The van der Waals surface area contributed by atoms with Crippen LogP contribution < -0.4 is 10.6 Å². The summed E-state index contributed by atoms with van der Waals surface area (Å²) in [5, 5.41) is 5.24. The summed E-state index contributed by atoms with van der Waals surface area (Å²) in [6.45, 7) is 2.17. The predicted octanol–water partition coefficient (Wildman–Crippen LogP) is 4.30. The van der Waals surface area contributed by atoms with E-state index < -0.39 is 0 Å². The second-order valence-electron chi connectivity index (χ2n) is 7.90. The van der Waals surface area contributed by atoms with Gasteiger partial charge in [0.25, 0.3) is 5.91 Å². The quantitative estimate of drug-likeness (QED) is 0.816. The normalized spacial score (nSPS) is 20.8. The second-order valence-corrected chi connectivity index (χ2v) is 7.90. The van der Waals surface area contributed by atoms with Gasteiger partial charge in [-0.05, 0) is 73.9 Å². The van der Waals surface area contributed by atoms with E-state index in [2.05, 4.69) is 46.7 Å². The van der Waals surface area contributed by atoms with Gasteiger partial charge in [0.1, 0.15) is 0 Å². The molecule has 2 aliphatic carbocycles. The lowest BCUT2D eigenvalue weighted by atomic mass is 9.73. The lowest BCUT2D eigenvalue weighted by molar-refractivity contribution is 0.0516. The Kier molecular flexibility index (Phi) is 5.07. The van der Waals surface area contributed by atoms with Crippen LogP contribution in [0, 0.1) is 6.92 Å². The highest BCUT2D eigenvalue weighted by atomic mass is 16.2. The summed E-state index contributed by atoms with van der Waals surface area (Å²) in [5.74, 6) is 0.668. The summed E-state index contributed by atoms with van der Waals surface area (Å²) < 4.78 is 0. The van der Waals surface area contributed by atoms with Gasteiger partial charge < -0.3 is 15.5 Å². The maximum Gasteiger partial charge on any atom is 0.318 e. The van der Waals surface area contributed by atoms with Crippen molar-refractivity contribution in [1.29, 1.82) is 0 Å². The first-order valence-electron chi connectivity index (χ1n) is 10.0. The van der Waals surface area contributed by atoms with Crippen molar-refractivity contribution in [1.82, 2.24) is 10.2 Å². The number of amides is 3. The monoisotopic (exact) mass is 377 g/mol. The van der Waals surface area contributed by atoms with Crippen LogP contribution in [-0.2, 0) is 0 Å². The van der Waals surface area contributed by atoms with Crippen LogP contribution in [0.3, 0.4) is 0 Å². The molecule has 3 amide bonds. The Hall–Kier alpha value is -2.82. The van der Waals surface area contributed by atoms with E-state index >= 15 is 0 Å². The van der Waals surface area contributed by atoms with Crippen molar-refractivity contribution < 1.29 is 9.59 Å². The van der Waals surface area contributed by atoms with Crippen molar-refractivity contribution in [2.75, 3.05) is 12.4 Å². The van der Waals surface area contributed by atoms with Crippen LogP contribution >= 0.6 is 0 Å². The molecule has 4 rings (SSSR count). The molecule has 5 heteroatoms. The smallest absolute Gasteiger partial charge is 0.318 e. The lowest BCUT2D eigenvalue weighted by Gasteiger charge is -2.44. The van der Waals surface area contributed by atoms with E-state index in [1.165, 1.54) is 11.1 Å². The molecule has 5 nitrogen and oxygen atoms in total. The van der Waals surface area contributed by atoms with Crippen molar-refractivity contribution in [3.05, 3.63) is 65.2 Å². The molecule has 2 aromatic carbocycles. The highest BCUT2D eigenvalue weighted by molar-refractivity contribution is 5.96. The van der Waals surface area contributed by atoms with Gasteiger partial charge in [-0.15, -0.1) is 0 Å². The Morgan fingerprint density at radius 2 is 1.64 bits per heavy atom. The number of benzene rings is 2. The van der Waals surface area contributed by atoms with Crippen molar-refractivity contribution in [2.45, 2.75) is 50.6 Å². The summed E-state index contributed by atoms with van der Waals surface area (Å²) in [6, 6.07) is 16.2. The van der Waals surface area contributed by atoms with E-state index in [0.29, 0.717) is 29.3 Å². The molecule has 2 fully saturated rings. The number of urea groups is 1. The molecule has 2 aliphatic rings. The average Bonchev–Trinajstić information content (AvgIpc) is 3.50. The van der Waals surface area contributed by atoms with Crippen LogP contribution in [0.4, 0.5) is 10.5 Å². The van der Waals surface area contributed by atoms with Gasteiger partial charge in [-0.3, -0.25) is 4.79 Å². The minimum atomic E-state index is -0.268. The van der Waals surface area contributed by atoms with Gasteiger partial charge in [-0.1, -0.05) is 24.3 Å². The van der Waals surface area contributed by atoms with Crippen LogP contribution in [0.5, 0.6) is 0 Å². The summed E-state index contributed by atoms with van der Waals surface area (Å²) in [7, 11) is 1.57. The molecular formula is C23H27N3O2. The van der Waals surface area contributed by atoms with Gasteiger partial charge in [0.15, 0.2) is 0 Å². The van der Waals surface area contributed by atoms with Crippen LogP contribution in [0.25, 0.3) is 0 Å². The fourth-order valence-electron chi connectivity index (χ4n) is 4.14. The van der Waals surface area contributed by atoms with Crippen LogP contribution in [0.1, 0.15) is 53.1 Å². The molecule has 0 spiro atoms. The summed E-state index contributed by atoms with van der Waals surface area (Å²) in [4.78, 5) is 26.7. The Balaban J connectivity index is 1.43. The van der Waals surface area contributed by atoms with Gasteiger partial charge in [-0.2, -0.15) is 0 Å². The van der Waals surface area contributed by atoms with Gasteiger partial charge in [0, 0.05) is 30.4 Å². The largest absolute Gasteiger partial charge is 0.341 e. The first-order valence-corrected chi connectivity index (χ1v) is 10.0. The zero-order valence-electron chi connectivity index (χ0n) is 16.4. The minimum Gasteiger partial charge on any atom is -0.341 e. The third kappa shape index (κ3) is 3.75. The van der Waals surface area contributed by atoms with E-state index in [4.69, 9.17) is 0 Å². The number of carbonyl (C=O) groups is 2. The number of nitrogens with one attached hydrogen (secondary N) is 2. The third-order valence-electron chi connectivity index (χ3n) is 5.93. The van der Waals surface area contributed by atoms with Crippen molar-refractivity contribution in [3.8, 4) is 0 Å². The third-order valence-corrected chi connectivity index (χ3v) is 5.93. The molecule has 0 aliphatic heterocycles. The number of hydrogen-bond acceptors (Lipinski definition) is 2. The number of anilines is 1. The number of carbonyl (C=O) groups excluding carboxylic acids is 2. The summed E-state index contributed by atoms with van der Waals surface area (Å²) in [5.41, 5.74) is 4.13. The number of aryl methyl sites for hydroxylation is 1. The first kappa shape index (κ1) is 18.5. The molecule has 0 unspecified atom stereocenters. The molecule has 0 aromatic heterocycles. The standard InChI is InChI=1S/C23H27N3O2/c1-15-5-3-4-6-21(15)17-13-20(14-17)26(19-11-12-19)22(27)16-7-9-18(10-8-16)25-23(28)24-2/h3-10,17,19-20H,11-14H2,1-2H3,(H2,24,25,28). The summed E-state index contributed by atoms with van der Waals surface area (Å²) in [6.07, 6.45) is 4.30. The molecule has 2 N–H and O–H groups in total. The molecule has 0 atom stereocenters. The average molecular weight is 377 g/mol. The zero-order valence-corrected chi connectivity index (χ0v) is 16.4. The Morgan fingerprint density at radius 3 is 2.25 bits per heavy atom. The molecule has 0 radical (unpaired) electrons. The molecule has 2 aromatic rings. The number of hydrogen-bond donors (Lipinski definition) is 2. The fraction of sp³-hybridized carbons (Fsp3) is 0.391. The SMILES string of the molecule is CNC(=O)Nc1ccc(C(=O)N(C2CC2)C2CC(c3ccccc3C)C2)cc1. The van der Waals surface area contributed by atoms with Gasteiger partial charge in [0.2, 0.25) is 0 Å². The van der Waals surface area contributed by atoms with E-state index in [9.17, 15) is 9.59 Å². The lowest BCUT2D eigenvalue weighted by Crippen LogP contribution is -2.48. The molecule has 28 heavy (non-hydrogen) atoms. The van der Waals surface area contributed by atoms with Gasteiger partial charge in [0.05, 0.1) is 0 Å². The molecule has 0 bridgehead atoms. The Labute approximate surface area is 166 Å². The van der Waals surface area contributed by atoms with E-state index in [-0.39, 0.29) is 11.9 Å². The molecule has 146 valence electrons. The Bertz CT molecular complexity index is 868. The van der Waals surface area contributed by atoms with Crippen LogP contribution in [-0.4, -0.2) is 36.0 Å². The molecular weight excluding hydrogens is 350 g/mol. The van der Waals surface area contributed by atoms with E-state index in [1.807, 2.05) is 0 Å². The van der Waals surface area contributed by atoms with E-state index in [0.717, 1.165) is 25.7 Å². The summed E-state index contributed by atoms with van der Waals surface area (Å²) >= 11 is 0. The molecule has 0 heterocycles. The predicted molar refractivity (Wildman–Crippen MR) is 111 cm³/mol. The van der Waals surface area contributed by atoms with Gasteiger partial charge in [-0.25, -0.2) is 4.79 Å². The fourth-order valence-corrected chi connectivity index (χ4v) is 4.14. The molecule has 0 saturated heterocycles. The number of nitrogens with zero attached hydrogens (tertiary/aromatic N) is 1. The number of rotatable bonds is 5. The topological polar surface area (TPSA) is 61.4 Å². The second kappa shape index (κ2) is 7.66. The highest BCUT2D eigenvalue weighted by Gasteiger charge is 2.43. The maximum atomic E-state index is 13.2. The Morgan fingerprint density at radius 1 is 0.964 bits per heavy atom. The highest BCUT2D eigenvalue weighted by Crippen LogP contribution is 2.44. The van der Waals surface area contributed by atoms with Crippen LogP contribution in [0.15, 0.2) is 48.5 Å². The van der Waals surface area contributed by atoms with Crippen LogP contribution in [0.2, 0.25) is 0 Å². The van der Waals surface area contributed by atoms with Crippen molar-refractivity contribution >= 4 is 17.6 Å². The molecule has 2 saturated carbocycles. The minimum absolute atomic E-state index is 0.113. The first-order chi connectivity index (χ1) is 13.6. The van der Waals surface area contributed by atoms with Crippen molar-refractivity contribution in [3.63, 3.8) is 0 Å². The van der Waals surface area contributed by atoms with Gasteiger partial charge >= 0.3 is 6.03 Å². The van der Waals surface area contributed by atoms with Crippen molar-refractivity contribution in [2.24, 2.45) is 0 Å².